The molecule has 0 bridgehead atoms. The molecule has 1 aliphatic rings. The lowest BCUT2D eigenvalue weighted by Gasteiger charge is -2.21. The number of carbonyl (C=O) groups excluding carboxylic acids is 1. The minimum atomic E-state index is -3.34. The number of carbonyl (C=O) groups is 1. The fourth-order valence-electron chi connectivity index (χ4n) is 2.18. The van der Waals surface area contributed by atoms with Gasteiger partial charge in [-0.2, -0.15) is 4.31 Å². The van der Waals surface area contributed by atoms with E-state index in [1.54, 1.807) is 6.07 Å². The Labute approximate surface area is 121 Å². The normalized spacial score (nSPS) is 20.4. The number of anilines is 1. The van der Waals surface area contributed by atoms with E-state index in [2.05, 4.69) is 21.2 Å². The van der Waals surface area contributed by atoms with Crippen LogP contribution in [0.5, 0.6) is 0 Å². The zero-order chi connectivity index (χ0) is 14.0. The molecule has 0 aliphatic carbocycles. The van der Waals surface area contributed by atoms with Crippen LogP contribution in [-0.2, 0) is 14.8 Å². The topological polar surface area (TPSA) is 66.5 Å². The Morgan fingerprint density at radius 2 is 2.11 bits per heavy atom. The second kappa shape index (κ2) is 5.60. The first kappa shape index (κ1) is 14.5. The predicted molar refractivity (Wildman–Crippen MR) is 77.3 cm³/mol. The summed E-state index contributed by atoms with van der Waals surface area (Å²) in [7, 11) is -3.34. The highest BCUT2D eigenvalue weighted by atomic mass is 79.9. The van der Waals surface area contributed by atoms with Crippen molar-refractivity contribution in [1.29, 1.82) is 0 Å². The van der Waals surface area contributed by atoms with E-state index in [0.717, 1.165) is 10.7 Å². The Bertz CT molecular complexity index is 588. The fraction of sp³-hybridized carbons (Fsp3) is 0.417. The number of amides is 1. The largest absolute Gasteiger partial charge is 0.324 e. The van der Waals surface area contributed by atoms with E-state index in [-0.39, 0.29) is 5.91 Å². The van der Waals surface area contributed by atoms with E-state index >= 15 is 0 Å². The second-order valence-electron chi connectivity index (χ2n) is 4.50. The molecule has 1 aliphatic heterocycles. The first-order valence-corrected chi connectivity index (χ1v) is 8.56. The van der Waals surface area contributed by atoms with E-state index in [0.29, 0.717) is 25.1 Å². The van der Waals surface area contributed by atoms with Crippen LogP contribution in [0.1, 0.15) is 12.8 Å². The summed E-state index contributed by atoms with van der Waals surface area (Å²) >= 11 is 3.34. The Kier molecular flexibility index (Phi) is 4.27. The molecule has 19 heavy (non-hydrogen) atoms. The van der Waals surface area contributed by atoms with Crippen molar-refractivity contribution in [3.63, 3.8) is 0 Å². The summed E-state index contributed by atoms with van der Waals surface area (Å²) in [6, 6.07) is 6.63. The monoisotopic (exact) mass is 346 g/mol. The van der Waals surface area contributed by atoms with Gasteiger partial charge in [-0.15, -0.1) is 0 Å². The number of hydrogen-bond acceptors (Lipinski definition) is 3. The molecule has 5 nitrogen and oxygen atoms in total. The molecule has 1 saturated heterocycles. The molecule has 0 aromatic heterocycles. The highest BCUT2D eigenvalue weighted by Gasteiger charge is 2.36. The average molecular weight is 347 g/mol. The van der Waals surface area contributed by atoms with Crippen LogP contribution < -0.4 is 5.32 Å². The smallest absolute Gasteiger partial charge is 0.242 e. The van der Waals surface area contributed by atoms with Crippen LogP contribution in [0, 0.1) is 0 Å². The number of benzene rings is 1. The Morgan fingerprint density at radius 1 is 1.42 bits per heavy atom. The van der Waals surface area contributed by atoms with Gasteiger partial charge in [-0.3, -0.25) is 4.79 Å². The third-order valence-electron chi connectivity index (χ3n) is 3.06. The molecule has 0 radical (unpaired) electrons. The number of nitrogens with one attached hydrogen (secondary N) is 1. The summed E-state index contributed by atoms with van der Waals surface area (Å²) in [6.45, 7) is 0.410. The lowest BCUT2D eigenvalue weighted by Crippen LogP contribution is -2.42. The first-order valence-electron chi connectivity index (χ1n) is 5.92. The van der Waals surface area contributed by atoms with Crippen LogP contribution in [0.15, 0.2) is 28.7 Å². The van der Waals surface area contributed by atoms with Crippen LogP contribution in [0.25, 0.3) is 0 Å². The molecular weight excluding hydrogens is 332 g/mol. The zero-order valence-corrected chi connectivity index (χ0v) is 12.9. The van der Waals surface area contributed by atoms with Gasteiger partial charge < -0.3 is 5.32 Å². The summed E-state index contributed by atoms with van der Waals surface area (Å²) in [5, 5.41) is 2.76. The van der Waals surface area contributed by atoms with Crippen LogP contribution >= 0.6 is 15.9 Å². The minimum absolute atomic E-state index is 0.283. The fourth-order valence-corrected chi connectivity index (χ4v) is 3.69. The van der Waals surface area contributed by atoms with Crippen molar-refractivity contribution in [3.05, 3.63) is 28.7 Å². The molecule has 1 unspecified atom stereocenters. The molecule has 1 N–H and O–H groups in total. The van der Waals surface area contributed by atoms with Gasteiger partial charge in [-0.1, -0.05) is 12.1 Å². The van der Waals surface area contributed by atoms with Crippen LogP contribution in [0.2, 0.25) is 0 Å². The van der Waals surface area contributed by atoms with Crippen molar-refractivity contribution in [3.8, 4) is 0 Å². The molecule has 0 saturated carbocycles. The van der Waals surface area contributed by atoms with E-state index in [4.69, 9.17) is 0 Å². The molecule has 1 heterocycles. The van der Waals surface area contributed by atoms with Crippen molar-refractivity contribution in [2.24, 2.45) is 0 Å². The number of para-hydroxylation sites is 1. The summed E-state index contributed by atoms with van der Waals surface area (Å²) in [5.41, 5.74) is 0.646. The quantitative estimate of drug-likeness (QED) is 0.907. The van der Waals surface area contributed by atoms with E-state index < -0.39 is 16.1 Å². The molecule has 2 rings (SSSR count). The molecule has 1 aromatic rings. The number of sulfonamides is 1. The van der Waals surface area contributed by atoms with E-state index in [1.807, 2.05) is 18.2 Å². The summed E-state index contributed by atoms with van der Waals surface area (Å²) < 4.78 is 25.2. The average Bonchev–Trinajstić information content (AvgIpc) is 2.81. The lowest BCUT2D eigenvalue weighted by molar-refractivity contribution is -0.119. The van der Waals surface area contributed by atoms with Crippen molar-refractivity contribution < 1.29 is 13.2 Å². The number of halogens is 1. The highest BCUT2D eigenvalue weighted by Crippen LogP contribution is 2.25. The number of rotatable bonds is 3. The maximum absolute atomic E-state index is 12.2. The van der Waals surface area contributed by atoms with Gasteiger partial charge in [0.2, 0.25) is 15.9 Å². The molecular formula is C12H15BrN2O3S. The molecule has 1 fully saturated rings. The van der Waals surface area contributed by atoms with E-state index in [1.165, 1.54) is 4.31 Å². The van der Waals surface area contributed by atoms with Crippen LogP contribution in [0.3, 0.4) is 0 Å². The van der Waals surface area contributed by atoms with Gasteiger partial charge in [0.25, 0.3) is 0 Å². The number of hydrogen-bond donors (Lipinski definition) is 1. The first-order chi connectivity index (χ1) is 8.89. The molecule has 104 valence electrons. The van der Waals surface area contributed by atoms with Gasteiger partial charge in [0.15, 0.2) is 0 Å². The maximum Gasteiger partial charge on any atom is 0.242 e. The highest BCUT2D eigenvalue weighted by molar-refractivity contribution is 9.10. The lowest BCUT2D eigenvalue weighted by atomic mass is 10.2. The van der Waals surface area contributed by atoms with E-state index in [9.17, 15) is 13.2 Å². The van der Waals surface area contributed by atoms with Crippen LogP contribution in [-0.4, -0.2) is 37.5 Å². The summed E-state index contributed by atoms with van der Waals surface area (Å²) in [6.07, 6.45) is 2.40. The summed E-state index contributed by atoms with van der Waals surface area (Å²) in [4.78, 5) is 12.2. The van der Waals surface area contributed by atoms with Gasteiger partial charge in [0, 0.05) is 11.0 Å². The standard InChI is InChI=1S/C12H15BrN2O3S/c1-19(17,18)15-8-4-7-11(15)12(16)14-10-6-3-2-5-9(10)13/h2-3,5-6,11H,4,7-8H2,1H3,(H,14,16). The van der Waals surface area contributed by atoms with Crippen molar-refractivity contribution in [2.45, 2.75) is 18.9 Å². The Hall–Kier alpha value is -0.920. The molecule has 0 spiro atoms. The minimum Gasteiger partial charge on any atom is -0.324 e. The van der Waals surface area contributed by atoms with Gasteiger partial charge in [-0.25, -0.2) is 8.42 Å². The molecule has 1 amide bonds. The van der Waals surface area contributed by atoms with Gasteiger partial charge >= 0.3 is 0 Å². The van der Waals surface area contributed by atoms with Crippen LogP contribution in [0.4, 0.5) is 5.69 Å². The number of nitrogens with zero attached hydrogens (tertiary/aromatic N) is 1. The Balaban J connectivity index is 2.14. The molecule has 1 atom stereocenters. The SMILES string of the molecule is CS(=O)(=O)N1CCCC1C(=O)Nc1ccccc1Br. The molecule has 1 aromatic carbocycles. The maximum atomic E-state index is 12.2. The molecule has 7 heteroatoms. The van der Waals surface area contributed by atoms with Crippen molar-refractivity contribution >= 4 is 37.5 Å². The Morgan fingerprint density at radius 3 is 2.74 bits per heavy atom. The van der Waals surface area contributed by atoms with Crippen molar-refractivity contribution in [1.82, 2.24) is 4.31 Å². The van der Waals surface area contributed by atoms with Gasteiger partial charge in [0.1, 0.15) is 6.04 Å². The predicted octanol–water partition coefficient (Wildman–Crippen LogP) is 1.81. The van der Waals surface area contributed by atoms with Crippen molar-refractivity contribution in [2.75, 3.05) is 18.1 Å². The zero-order valence-electron chi connectivity index (χ0n) is 10.5. The van der Waals surface area contributed by atoms with Gasteiger partial charge in [-0.05, 0) is 40.9 Å². The third-order valence-corrected chi connectivity index (χ3v) is 5.04. The third kappa shape index (κ3) is 3.34. The summed E-state index contributed by atoms with van der Waals surface area (Å²) in [5.74, 6) is -0.283. The second-order valence-corrected chi connectivity index (χ2v) is 7.29. The van der Waals surface area contributed by atoms with Gasteiger partial charge in [0.05, 0.1) is 11.9 Å².